The van der Waals surface area contributed by atoms with E-state index in [1.54, 1.807) is 7.11 Å². The summed E-state index contributed by atoms with van der Waals surface area (Å²) in [6.45, 7) is 4.61. The first-order chi connectivity index (χ1) is 12.8. The van der Waals surface area contributed by atoms with Crippen LogP contribution in [0.1, 0.15) is 31.0 Å². The number of methoxy groups -OCH3 is 1. The van der Waals surface area contributed by atoms with E-state index in [9.17, 15) is 5.11 Å². The number of fused-ring (bicyclic) bond motifs is 1. The number of nitrogens with one attached hydrogen (secondary N) is 1. The van der Waals surface area contributed by atoms with Crippen LogP contribution in [0.25, 0.3) is 0 Å². The van der Waals surface area contributed by atoms with Gasteiger partial charge in [0.1, 0.15) is 23.2 Å². The predicted molar refractivity (Wildman–Crippen MR) is 109 cm³/mol. The maximum Gasteiger partial charge on any atom is 0.142 e. The van der Waals surface area contributed by atoms with Gasteiger partial charge in [0.25, 0.3) is 0 Å². The van der Waals surface area contributed by atoms with E-state index in [4.69, 9.17) is 9.47 Å². The smallest absolute Gasteiger partial charge is 0.142 e. The van der Waals surface area contributed by atoms with Gasteiger partial charge in [-0.05, 0) is 38.4 Å². The van der Waals surface area contributed by atoms with Crippen molar-refractivity contribution in [1.29, 1.82) is 0 Å². The largest absolute Gasteiger partial charge is 0.495 e. The summed E-state index contributed by atoms with van der Waals surface area (Å²) in [6.07, 6.45) is 0.226. The van der Waals surface area contributed by atoms with Crippen molar-refractivity contribution in [2.45, 2.75) is 38.0 Å². The molecule has 5 nitrogen and oxygen atoms in total. The lowest BCUT2D eigenvalue weighted by atomic mass is 9.86. The molecule has 27 heavy (non-hydrogen) atoms. The van der Waals surface area contributed by atoms with Crippen molar-refractivity contribution in [3.05, 3.63) is 53.6 Å². The second kappa shape index (κ2) is 7.79. The van der Waals surface area contributed by atoms with Crippen LogP contribution in [0.2, 0.25) is 0 Å². The summed E-state index contributed by atoms with van der Waals surface area (Å²) < 4.78 is 11.7. The molecule has 146 valence electrons. The Hall–Kier alpha value is -2.24. The van der Waals surface area contributed by atoms with Crippen molar-refractivity contribution >= 4 is 5.69 Å². The molecule has 0 amide bonds. The molecule has 0 spiro atoms. The predicted octanol–water partition coefficient (Wildman–Crippen LogP) is 3.17. The minimum atomic E-state index is -0.685. The van der Waals surface area contributed by atoms with Gasteiger partial charge in [0.15, 0.2) is 0 Å². The van der Waals surface area contributed by atoms with E-state index in [2.05, 4.69) is 17.4 Å². The molecule has 2 atom stereocenters. The summed E-state index contributed by atoms with van der Waals surface area (Å²) in [6, 6.07) is 14.1. The van der Waals surface area contributed by atoms with Crippen molar-refractivity contribution in [2.24, 2.45) is 0 Å². The first-order valence-corrected chi connectivity index (χ1v) is 9.37. The normalized spacial score (nSPS) is 20.5. The van der Waals surface area contributed by atoms with E-state index in [1.165, 1.54) is 5.56 Å². The number of hydrogen-bond donors (Lipinski definition) is 2. The second-order valence-electron chi connectivity index (χ2n) is 7.77. The monoisotopic (exact) mass is 370 g/mol. The Morgan fingerprint density at radius 3 is 2.52 bits per heavy atom. The van der Waals surface area contributed by atoms with Crippen molar-refractivity contribution in [3.63, 3.8) is 0 Å². The van der Waals surface area contributed by atoms with E-state index in [-0.39, 0.29) is 6.04 Å². The molecule has 0 fully saturated rings. The third-order valence-electron chi connectivity index (χ3n) is 5.15. The quantitative estimate of drug-likeness (QED) is 0.818. The summed E-state index contributed by atoms with van der Waals surface area (Å²) in [7, 11) is 5.61. The van der Waals surface area contributed by atoms with Crippen LogP contribution in [0, 0.1) is 0 Å². The van der Waals surface area contributed by atoms with Gasteiger partial charge in [-0.15, -0.1) is 0 Å². The molecule has 0 saturated carbocycles. The van der Waals surface area contributed by atoms with Crippen LogP contribution in [0.15, 0.2) is 42.5 Å². The van der Waals surface area contributed by atoms with Gasteiger partial charge in [-0.1, -0.05) is 30.3 Å². The first kappa shape index (κ1) is 19.5. The summed E-state index contributed by atoms with van der Waals surface area (Å²) in [5, 5.41) is 14.5. The van der Waals surface area contributed by atoms with Gasteiger partial charge >= 0.3 is 0 Å². The van der Waals surface area contributed by atoms with Gasteiger partial charge in [0.2, 0.25) is 0 Å². The molecule has 0 bridgehead atoms. The molecule has 0 radical (unpaired) electrons. The number of hydrogen-bond acceptors (Lipinski definition) is 5. The van der Waals surface area contributed by atoms with Crippen LogP contribution in [-0.4, -0.2) is 44.6 Å². The molecular formula is C22H30N2O3. The fraction of sp³-hybridized carbons (Fsp3) is 0.455. The molecule has 0 aliphatic carbocycles. The molecule has 2 N–H and O–H groups in total. The maximum absolute atomic E-state index is 10.9. The zero-order chi connectivity index (χ0) is 19.6. The molecule has 0 unspecified atom stereocenters. The number of rotatable bonds is 6. The Morgan fingerprint density at radius 1 is 1.19 bits per heavy atom. The zero-order valence-corrected chi connectivity index (χ0v) is 16.8. The zero-order valence-electron chi connectivity index (χ0n) is 16.8. The number of nitrogens with zero attached hydrogens (tertiary/aromatic N) is 1. The van der Waals surface area contributed by atoms with Gasteiger partial charge in [0, 0.05) is 25.7 Å². The molecule has 1 aliphatic heterocycles. The van der Waals surface area contributed by atoms with Crippen LogP contribution >= 0.6 is 0 Å². The molecule has 5 heteroatoms. The molecule has 1 heterocycles. The summed E-state index contributed by atoms with van der Waals surface area (Å²) in [5.74, 6) is 1.55. The molecule has 2 aromatic carbocycles. The van der Waals surface area contributed by atoms with Crippen molar-refractivity contribution < 1.29 is 14.6 Å². The summed E-state index contributed by atoms with van der Waals surface area (Å²) in [5.41, 5.74) is 2.46. The van der Waals surface area contributed by atoms with Crippen LogP contribution in [0.5, 0.6) is 11.5 Å². The van der Waals surface area contributed by atoms with E-state index < -0.39 is 11.7 Å². The third kappa shape index (κ3) is 4.04. The van der Waals surface area contributed by atoms with Gasteiger partial charge in [0.05, 0.1) is 18.8 Å². The van der Waals surface area contributed by atoms with Crippen LogP contribution in [-0.2, 0) is 6.42 Å². The van der Waals surface area contributed by atoms with Gasteiger partial charge in [-0.3, -0.25) is 0 Å². The van der Waals surface area contributed by atoms with E-state index in [1.807, 2.05) is 63.2 Å². The van der Waals surface area contributed by atoms with Crippen molar-refractivity contribution in [3.8, 4) is 11.5 Å². The Morgan fingerprint density at radius 2 is 1.89 bits per heavy atom. The maximum atomic E-state index is 10.9. The molecule has 3 rings (SSSR count). The van der Waals surface area contributed by atoms with Crippen molar-refractivity contribution in [2.75, 3.05) is 32.6 Å². The SMILES string of the molecule is COc1cc2c(cc1N(C)C)OC(C)(C)[C@H](O)[C@H]2NCCc1ccccc1. The highest BCUT2D eigenvalue weighted by Crippen LogP contribution is 2.45. The summed E-state index contributed by atoms with van der Waals surface area (Å²) in [4.78, 5) is 2.00. The number of benzene rings is 2. The molecule has 0 saturated heterocycles. The van der Waals surface area contributed by atoms with Gasteiger partial charge in [-0.2, -0.15) is 0 Å². The van der Waals surface area contributed by atoms with Crippen LogP contribution < -0.4 is 19.7 Å². The molecule has 0 aromatic heterocycles. The van der Waals surface area contributed by atoms with Gasteiger partial charge < -0.3 is 24.8 Å². The first-order valence-electron chi connectivity index (χ1n) is 9.37. The average molecular weight is 370 g/mol. The lowest BCUT2D eigenvalue weighted by Crippen LogP contribution is -2.52. The highest BCUT2D eigenvalue weighted by atomic mass is 16.5. The Bertz CT molecular complexity index is 775. The molecule has 2 aromatic rings. The van der Waals surface area contributed by atoms with Crippen molar-refractivity contribution in [1.82, 2.24) is 5.32 Å². The Balaban J connectivity index is 1.88. The number of aliphatic hydroxyl groups is 1. The lowest BCUT2D eigenvalue weighted by Gasteiger charge is -2.43. The van der Waals surface area contributed by atoms with E-state index in [0.717, 1.165) is 35.7 Å². The lowest BCUT2D eigenvalue weighted by molar-refractivity contribution is -0.0644. The fourth-order valence-corrected chi connectivity index (χ4v) is 3.56. The standard InChI is InChI=1S/C22H30N2O3/c1-22(2)21(25)20(23-12-11-15-9-7-6-8-10-15)16-13-19(26-5)17(24(3)4)14-18(16)27-22/h6-10,13-14,20-21,23,25H,11-12H2,1-5H3/t20-,21+/m0/s1. The number of anilines is 1. The van der Waals surface area contributed by atoms with E-state index in [0.29, 0.717) is 0 Å². The Kier molecular flexibility index (Phi) is 5.63. The average Bonchev–Trinajstić information content (AvgIpc) is 2.64. The third-order valence-corrected chi connectivity index (χ3v) is 5.15. The van der Waals surface area contributed by atoms with E-state index >= 15 is 0 Å². The summed E-state index contributed by atoms with van der Waals surface area (Å²) >= 11 is 0. The fourth-order valence-electron chi connectivity index (χ4n) is 3.56. The Labute approximate surface area is 161 Å². The highest BCUT2D eigenvalue weighted by Gasteiger charge is 2.43. The topological polar surface area (TPSA) is 54.0 Å². The molecular weight excluding hydrogens is 340 g/mol. The number of aliphatic hydroxyl groups excluding tert-OH is 1. The minimum Gasteiger partial charge on any atom is -0.495 e. The highest BCUT2D eigenvalue weighted by molar-refractivity contribution is 5.64. The molecule has 1 aliphatic rings. The van der Waals surface area contributed by atoms with Crippen LogP contribution in [0.3, 0.4) is 0 Å². The minimum absolute atomic E-state index is 0.224. The van der Waals surface area contributed by atoms with Crippen LogP contribution in [0.4, 0.5) is 5.69 Å². The number of ether oxygens (including phenoxy) is 2. The van der Waals surface area contributed by atoms with Gasteiger partial charge in [-0.25, -0.2) is 0 Å². The second-order valence-corrected chi connectivity index (χ2v) is 7.77.